The SMILES string of the molecule is CCCCCCNC(=O)[C@@H](C(=O)OCC)C1CCCCC1. The number of esters is 1. The van der Waals surface area contributed by atoms with Gasteiger partial charge >= 0.3 is 5.97 Å². The van der Waals surface area contributed by atoms with Gasteiger partial charge in [0.15, 0.2) is 0 Å². The fourth-order valence-electron chi connectivity index (χ4n) is 3.09. The molecule has 0 unspecified atom stereocenters. The summed E-state index contributed by atoms with van der Waals surface area (Å²) in [6.07, 6.45) is 9.87. The molecule has 0 heterocycles. The van der Waals surface area contributed by atoms with Crippen molar-refractivity contribution in [2.24, 2.45) is 11.8 Å². The number of carbonyl (C=O) groups excluding carboxylic acids is 2. The van der Waals surface area contributed by atoms with Crippen molar-refractivity contribution in [2.45, 2.75) is 71.6 Å². The van der Waals surface area contributed by atoms with Crippen LogP contribution in [0.3, 0.4) is 0 Å². The minimum Gasteiger partial charge on any atom is -0.465 e. The molecule has 21 heavy (non-hydrogen) atoms. The van der Waals surface area contributed by atoms with Crippen molar-refractivity contribution in [3.63, 3.8) is 0 Å². The van der Waals surface area contributed by atoms with Crippen LogP contribution < -0.4 is 5.32 Å². The van der Waals surface area contributed by atoms with Crippen molar-refractivity contribution < 1.29 is 14.3 Å². The number of unbranched alkanes of at least 4 members (excludes halogenated alkanes) is 3. The van der Waals surface area contributed by atoms with Gasteiger partial charge in [-0.15, -0.1) is 0 Å². The molecule has 0 radical (unpaired) electrons. The molecule has 0 aliphatic heterocycles. The Morgan fingerprint density at radius 2 is 1.81 bits per heavy atom. The molecular formula is C17H31NO3. The predicted octanol–water partition coefficient (Wildman–Crippen LogP) is 3.44. The highest BCUT2D eigenvalue weighted by molar-refractivity contribution is 5.98. The molecule has 0 aromatic carbocycles. The van der Waals surface area contributed by atoms with Gasteiger partial charge in [-0.25, -0.2) is 0 Å². The first-order valence-electron chi connectivity index (χ1n) is 8.65. The fraction of sp³-hybridized carbons (Fsp3) is 0.882. The van der Waals surface area contributed by atoms with Crippen LogP contribution in [-0.4, -0.2) is 25.0 Å². The summed E-state index contributed by atoms with van der Waals surface area (Å²) in [7, 11) is 0. The third kappa shape index (κ3) is 6.49. The van der Waals surface area contributed by atoms with E-state index in [2.05, 4.69) is 12.2 Å². The minimum absolute atomic E-state index is 0.128. The molecule has 0 bridgehead atoms. The maximum Gasteiger partial charge on any atom is 0.318 e. The maximum absolute atomic E-state index is 12.4. The molecule has 1 amide bonds. The number of hydrogen-bond donors (Lipinski definition) is 1. The van der Waals surface area contributed by atoms with Crippen LogP contribution in [-0.2, 0) is 14.3 Å². The van der Waals surface area contributed by atoms with E-state index in [1.54, 1.807) is 6.92 Å². The van der Waals surface area contributed by atoms with Crippen LogP contribution >= 0.6 is 0 Å². The van der Waals surface area contributed by atoms with Crippen LogP contribution in [0.25, 0.3) is 0 Å². The first-order chi connectivity index (χ1) is 10.2. The summed E-state index contributed by atoms with van der Waals surface area (Å²) in [6, 6.07) is 0. The van der Waals surface area contributed by atoms with Crippen molar-refractivity contribution in [2.75, 3.05) is 13.2 Å². The number of ether oxygens (including phenoxy) is 1. The summed E-state index contributed by atoms with van der Waals surface area (Å²) >= 11 is 0. The molecule has 0 aromatic rings. The zero-order chi connectivity index (χ0) is 15.5. The molecule has 122 valence electrons. The topological polar surface area (TPSA) is 55.4 Å². The molecule has 1 rings (SSSR count). The van der Waals surface area contributed by atoms with Crippen molar-refractivity contribution in [3.05, 3.63) is 0 Å². The quantitative estimate of drug-likeness (QED) is 0.403. The van der Waals surface area contributed by atoms with E-state index in [0.717, 1.165) is 38.5 Å². The lowest BCUT2D eigenvalue weighted by molar-refractivity contribution is -0.155. The summed E-state index contributed by atoms with van der Waals surface area (Å²) in [6.45, 7) is 4.96. The first-order valence-corrected chi connectivity index (χ1v) is 8.65. The number of nitrogens with one attached hydrogen (secondary N) is 1. The Balaban J connectivity index is 2.49. The molecule has 4 heteroatoms. The van der Waals surface area contributed by atoms with Crippen LogP contribution in [0.15, 0.2) is 0 Å². The number of amides is 1. The van der Waals surface area contributed by atoms with Gasteiger partial charge < -0.3 is 10.1 Å². The van der Waals surface area contributed by atoms with Crippen LogP contribution in [0.5, 0.6) is 0 Å². The Bertz CT molecular complexity index is 311. The van der Waals surface area contributed by atoms with Crippen molar-refractivity contribution >= 4 is 11.9 Å². The molecule has 0 aromatic heterocycles. The van der Waals surface area contributed by atoms with Gasteiger partial charge in [-0.05, 0) is 32.1 Å². The average Bonchev–Trinajstić information content (AvgIpc) is 2.48. The van der Waals surface area contributed by atoms with E-state index in [-0.39, 0.29) is 17.8 Å². The molecule has 1 saturated carbocycles. The average molecular weight is 297 g/mol. The van der Waals surface area contributed by atoms with Gasteiger partial charge in [0.2, 0.25) is 5.91 Å². The summed E-state index contributed by atoms with van der Waals surface area (Å²) < 4.78 is 5.12. The van der Waals surface area contributed by atoms with Crippen molar-refractivity contribution in [1.82, 2.24) is 5.32 Å². The van der Waals surface area contributed by atoms with Gasteiger partial charge in [0.25, 0.3) is 0 Å². The lowest BCUT2D eigenvalue weighted by Gasteiger charge is -2.27. The molecule has 0 spiro atoms. The maximum atomic E-state index is 12.4. The third-order valence-corrected chi connectivity index (χ3v) is 4.27. The van der Waals surface area contributed by atoms with Crippen molar-refractivity contribution in [1.29, 1.82) is 0 Å². The second kappa shape index (κ2) is 10.6. The normalized spacial score (nSPS) is 17.2. The summed E-state index contributed by atoms with van der Waals surface area (Å²) in [5.41, 5.74) is 0. The highest BCUT2D eigenvalue weighted by atomic mass is 16.5. The lowest BCUT2D eigenvalue weighted by Crippen LogP contribution is -2.41. The van der Waals surface area contributed by atoms with E-state index in [1.807, 2.05) is 0 Å². The Morgan fingerprint density at radius 3 is 2.43 bits per heavy atom. The number of rotatable bonds is 9. The highest BCUT2D eigenvalue weighted by Gasteiger charge is 2.36. The summed E-state index contributed by atoms with van der Waals surface area (Å²) in [5, 5.41) is 2.94. The highest BCUT2D eigenvalue weighted by Crippen LogP contribution is 2.31. The van der Waals surface area contributed by atoms with E-state index in [1.165, 1.54) is 19.3 Å². The van der Waals surface area contributed by atoms with Gasteiger partial charge in [0.05, 0.1) is 6.61 Å². The third-order valence-electron chi connectivity index (χ3n) is 4.27. The lowest BCUT2D eigenvalue weighted by atomic mass is 9.79. The van der Waals surface area contributed by atoms with Crippen LogP contribution in [0.1, 0.15) is 71.6 Å². The first kappa shape index (κ1) is 18.0. The van der Waals surface area contributed by atoms with E-state index in [4.69, 9.17) is 4.74 Å². The predicted molar refractivity (Wildman–Crippen MR) is 83.8 cm³/mol. The molecule has 1 atom stereocenters. The van der Waals surface area contributed by atoms with E-state index < -0.39 is 5.92 Å². The van der Waals surface area contributed by atoms with E-state index in [0.29, 0.717) is 13.2 Å². The summed E-state index contributed by atoms with van der Waals surface area (Å²) in [4.78, 5) is 24.5. The van der Waals surface area contributed by atoms with Crippen molar-refractivity contribution in [3.8, 4) is 0 Å². The van der Waals surface area contributed by atoms with Gasteiger partial charge in [0, 0.05) is 6.54 Å². The smallest absolute Gasteiger partial charge is 0.318 e. The molecule has 0 saturated heterocycles. The monoisotopic (exact) mass is 297 g/mol. The van der Waals surface area contributed by atoms with Gasteiger partial charge in [-0.1, -0.05) is 45.4 Å². The Labute approximate surface area is 129 Å². The second-order valence-corrected chi connectivity index (χ2v) is 5.98. The number of hydrogen-bond acceptors (Lipinski definition) is 3. The molecule has 1 aliphatic carbocycles. The van der Waals surface area contributed by atoms with E-state index in [9.17, 15) is 9.59 Å². The fourth-order valence-corrected chi connectivity index (χ4v) is 3.09. The van der Waals surface area contributed by atoms with Gasteiger partial charge in [-0.2, -0.15) is 0 Å². The summed E-state index contributed by atoms with van der Waals surface area (Å²) in [5.74, 6) is -0.905. The van der Waals surface area contributed by atoms with Crippen LogP contribution in [0.2, 0.25) is 0 Å². The minimum atomic E-state index is -0.601. The Morgan fingerprint density at radius 1 is 1.10 bits per heavy atom. The Kier molecular flexibility index (Phi) is 9.11. The van der Waals surface area contributed by atoms with Crippen LogP contribution in [0.4, 0.5) is 0 Å². The second-order valence-electron chi connectivity index (χ2n) is 5.98. The molecule has 1 aliphatic rings. The van der Waals surface area contributed by atoms with E-state index >= 15 is 0 Å². The Hall–Kier alpha value is -1.06. The molecule has 1 N–H and O–H groups in total. The number of carbonyl (C=O) groups is 2. The molecule has 1 fully saturated rings. The zero-order valence-electron chi connectivity index (χ0n) is 13.7. The van der Waals surface area contributed by atoms with Gasteiger partial charge in [-0.3, -0.25) is 9.59 Å². The molecule has 4 nitrogen and oxygen atoms in total. The molecular weight excluding hydrogens is 266 g/mol. The zero-order valence-corrected chi connectivity index (χ0v) is 13.7. The standard InChI is InChI=1S/C17H31NO3/c1-3-5-6-10-13-18-16(19)15(17(20)21-4-2)14-11-8-7-9-12-14/h14-15H,3-13H2,1-2H3,(H,18,19)/t15-/m0/s1. The van der Waals surface area contributed by atoms with Gasteiger partial charge in [0.1, 0.15) is 5.92 Å². The van der Waals surface area contributed by atoms with Crippen LogP contribution in [0, 0.1) is 11.8 Å². The largest absolute Gasteiger partial charge is 0.465 e.